The molecule has 0 saturated carbocycles. The topological polar surface area (TPSA) is 66.9 Å². The third kappa shape index (κ3) is 4.92. The molecular formula is C21H28N4O3. The van der Waals surface area contributed by atoms with E-state index in [9.17, 15) is 4.79 Å². The van der Waals surface area contributed by atoms with Gasteiger partial charge < -0.3 is 19.7 Å². The molecule has 7 nitrogen and oxygen atoms in total. The third-order valence-corrected chi connectivity index (χ3v) is 4.99. The second-order valence-electron chi connectivity index (χ2n) is 6.85. The average Bonchev–Trinajstić information content (AvgIpc) is 2.74. The highest BCUT2D eigenvalue weighted by Crippen LogP contribution is 2.29. The van der Waals surface area contributed by atoms with E-state index < -0.39 is 0 Å². The number of nitrogens with one attached hydrogen (secondary N) is 1. The van der Waals surface area contributed by atoms with Crippen LogP contribution in [-0.4, -0.2) is 62.7 Å². The van der Waals surface area contributed by atoms with Gasteiger partial charge in [0.15, 0.2) is 0 Å². The van der Waals surface area contributed by atoms with E-state index in [4.69, 9.17) is 9.47 Å². The van der Waals surface area contributed by atoms with E-state index in [1.807, 2.05) is 49.5 Å². The summed E-state index contributed by atoms with van der Waals surface area (Å²) in [6.07, 6.45) is 1.81. The van der Waals surface area contributed by atoms with Crippen LogP contribution in [0.15, 0.2) is 42.6 Å². The van der Waals surface area contributed by atoms with E-state index in [1.54, 1.807) is 14.2 Å². The van der Waals surface area contributed by atoms with Crippen molar-refractivity contribution in [2.24, 2.45) is 0 Å². The number of benzene rings is 1. The van der Waals surface area contributed by atoms with E-state index in [1.165, 1.54) is 0 Å². The maximum Gasteiger partial charge on any atom is 0.234 e. The first-order chi connectivity index (χ1) is 13.6. The van der Waals surface area contributed by atoms with Gasteiger partial charge in [0.05, 0.1) is 26.8 Å². The number of aromatic nitrogens is 1. The third-order valence-electron chi connectivity index (χ3n) is 4.99. The van der Waals surface area contributed by atoms with Gasteiger partial charge in [0, 0.05) is 37.9 Å². The van der Waals surface area contributed by atoms with Crippen LogP contribution in [0.25, 0.3) is 0 Å². The van der Waals surface area contributed by atoms with E-state index in [-0.39, 0.29) is 11.9 Å². The summed E-state index contributed by atoms with van der Waals surface area (Å²) in [7, 11) is 3.25. The summed E-state index contributed by atoms with van der Waals surface area (Å²) in [6.45, 7) is 5.73. The van der Waals surface area contributed by atoms with Crippen molar-refractivity contribution in [3.05, 3.63) is 48.2 Å². The number of carbonyl (C=O) groups excluding carboxylic acids is 1. The Morgan fingerprint density at radius 3 is 2.57 bits per heavy atom. The molecule has 1 N–H and O–H groups in total. The highest BCUT2D eigenvalue weighted by molar-refractivity contribution is 5.78. The maximum atomic E-state index is 12.5. The van der Waals surface area contributed by atoms with Crippen molar-refractivity contribution < 1.29 is 14.3 Å². The van der Waals surface area contributed by atoms with Gasteiger partial charge in [-0.15, -0.1) is 0 Å². The van der Waals surface area contributed by atoms with Crippen LogP contribution in [0, 0.1) is 0 Å². The highest BCUT2D eigenvalue weighted by Gasteiger charge is 2.21. The van der Waals surface area contributed by atoms with Gasteiger partial charge in [0.25, 0.3) is 0 Å². The van der Waals surface area contributed by atoms with Gasteiger partial charge in [-0.25, -0.2) is 4.98 Å². The number of amides is 1. The maximum absolute atomic E-state index is 12.5. The minimum atomic E-state index is -0.174. The van der Waals surface area contributed by atoms with Crippen molar-refractivity contribution >= 4 is 11.7 Å². The summed E-state index contributed by atoms with van der Waals surface area (Å²) in [5.74, 6) is 2.47. The van der Waals surface area contributed by atoms with Crippen molar-refractivity contribution in [3.63, 3.8) is 0 Å². The summed E-state index contributed by atoms with van der Waals surface area (Å²) < 4.78 is 10.7. The standard InChI is InChI=1S/C21H28N4O3/c1-16(18-14-17(27-2)7-8-19(18)28-3)23-21(26)15-24-10-12-25(13-11-24)20-6-4-5-9-22-20/h4-9,14,16H,10-13,15H2,1-3H3,(H,23,26)/t16-/m0/s1. The van der Waals surface area contributed by atoms with Crippen LogP contribution in [0.2, 0.25) is 0 Å². The minimum absolute atomic E-state index is 0.00339. The smallest absolute Gasteiger partial charge is 0.234 e. The lowest BCUT2D eigenvalue weighted by molar-refractivity contribution is -0.123. The largest absolute Gasteiger partial charge is 0.497 e. The Labute approximate surface area is 166 Å². The highest BCUT2D eigenvalue weighted by atomic mass is 16.5. The zero-order valence-electron chi connectivity index (χ0n) is 16.7. The SMILES string of the molecule is COc1ccc(OC)c([C@H](C)NC(=O)CN2CCN(c3ccccn3)CC2)c1. The van der Waals surface area contributed by atoms with Gasteiger partial charge in [0.2, 0.25) is 5.91 Å². The first kappa shape index (κ1) is 19.9. The van der Waals surface area contributed by atoms with Crippen LogP contribution in [0.4, 0.5) is 5.82 Å². The number of anilines is 1. The Kier molecular flexibility index (Phi) is 6.71. The van der Waals surface area contributed by atoms with E-state index in [0.717, 1.165) is 49.1 Å². The lowest BCUT2D eigenvalue weighted by Crippen LogP contribution is -2.49. The van der Waals surface area contributed by atoms with E-state index >= 15 is 0 Å². The Balaban J connectivity index is 1.52. The van der Waals surface area contributed by atoms with Crippen LogP contribution < -0.4 is 19.7 Å². The van der Waals surface area contributed by atoms with Gasteiger partial charge in [-0.05, 0) is 37.3 Å². The predicted molar refractivity (Wildman–Crippen MR) is 109 cm³/mol. The second kappa shape index (κ2) is 9.41. The van der Waals surface area contributed by atoms with Crippen molar-refractivity contribution in [3.8, 4) is 11.5 Å². The van der Waals surface area contributed by atoms with Gasteiger partial charge in [-0.1, -0.05) is 6.07 Å². The Hall–Kier alpha value is -2.80. The lowest BCUT2D eigenvalue weighted by Gasteiger charge is -2.35. The molecule has 0 unspecified atom stereocenters. The van der Waals surface area contributed by atoms with E-state index in [0.29, 0.717) is 6.54 Å². The fourth-order valence-electron chi connectivity index (χ4n) is 3.42. The summed E-state index contributed by atoms with van der Waals surface area (Å²) in [5, 5.41) is 3.07. The Morgan fingerprint density at radius 2 is 1.93 bits per heavy atom. The molecule has 0 radical (unpaired) electrons. The number of pyridine rings is 1. The van der Waals surface area contributed by atoms with E-state index in [2.05, 4.69) is 20.1 Å². The molecule has 7 heteroatoms. The number of methoxy groups -OCH3 is 2. The van der Waals surface area contributed by atoms with Gasteiger partial charge in [0.1, 0.15) is 17.3 Å². The van der Waals surface area contributed by atoms with Crippen molar-refractivity contribution in [1.29, 1.82) is 0 Å². The molecule has 0 aliphatic carbocycles. The summed E-state index contributed by atoms with van der Waals surface area (Å²) in [4.78, 5) is 21.4. The van der Waals surface area contributed by atoms with Crippen molar-refractivity contribution in [1.82, 2.24) is 15.2 Å². The number of hydrogen-bond donors (Lipinski definition) is 1. The number of rotatable bonds is 7. The lowest BCUT2D eigenvalue weighted by atomic mass is 10.1. The molecule has 1 aliphatic heterocycles. The van der Waals surface area contributed by atoms with Gasteiger partial charge in [-0.2, -0.15) is 0 Å². The van der Waals surface area contributed by atoms with Crippen molar-refractivity contribution in [2.75, 3.05) is 51.8 Å². The molecule has 1 amide bonds. The molecule has 3 rings (SSSR count). The van der Waals surface area contributed by atoms with Crippen LogP contribution in [0.1, 0.15) is 18.5 Å². The summed E-state index contributed by atoms with van der Waals surface area (Å²) in [5.41, 5.74) is 0.898. The fourth-order valence-corrected chi connectivity index (χ4v) is 3.42. The Morgan fingerprint density at radius 1 is 1.14 bits per heavy atom. The quantitative estimate of drug-likeness (QED) is 0.789. The van der Waals surface area contributed by atoms with Crippen LogP contribution in [0.3, 0.4) is 0 Å². The molecule has 1 aromatic carbocycles. The summed E-state index contributed by atoms with van der Waals surface area (Å²) >= 11 is 0. The van der Waals surface area contributed by atoms with Gasteiger partial charge in [-0.3, -0.25) is 9.69 Å². The summed E-state index contributed by atoms with van der Waals surface area (Å²) in [6, 6.07) is 11.4. The average molecular weight is 384 g/mol. The molecule has 1 aliphatic rings. The molecule has 2 aromatic rings. The number of nitrogens with zero attached hydrogens (tertiary/aromatic N) is 3. The van der Waals surface area contributed by atoms with Crippen LogP contribution >= 0.6 is 0 Å². The molecule has 2 heterocycles. The predicted octanol–water partition coefficient (Wildman–Crippen LogP) is 2.10. The molecule has 0 bridgehead atoms. The molecule has 28 heavy (non-hydrogen) atoms. The molecular weight excluding hydrogens is 356 g/mol. The zero-order valence-corrected chi connectivity index (χ0v) is 16.7. The molecule has 1 fully saturated rings. The minimum Gasteiger partial charge on any atom is -0.497 e. The first-order valence-electron chi connectivity index (χ1n) is 9.50. The van der Waals surface area contributed by atoms with Crippen LogP contribution in [0.5, 0.6) is 11.5 Å². The number of hydrogen-bond acceptors (Lipinski definition) is 6. The van der Waals surface area contributed by atoms with Crippen molar-refractivity contribution in [2.45, 2.75) is 13.0 Å². The first-order valence-corrected chi connectivity index (χ1v) is 9.50. The molecule has 150 valence electrons. The number of ether oxygens (including phenoxy) is 2. The fraction of sp³-hybridized carbons (Fsp3) is 0.429. The number of carbonyl (C=O) groups is 1. The zero-order chi connectivity index (χ0) is 19.9. The molecule has 1 atom stereocenters. The molecule has 1 saturated heterocycles. The van der Waals surface area contributed by atoms with Crippen LogP contribution in [-0.2, 0) is 4.79 Å². The van der Waals surface area contributed by atoms with Gasteiger partial charge >= 0.3 is 0 Å². The second-order valence-corrected chi connectivity index (χ2v) is 6.85. The number of piperazine rings is 1. The Bertz CT molecular complexity index is 776. The molecule has 0 spiro atoms. The molecule has 1 aromatic heterocycles. The monoisotopic (exact) mass is 384 g/mol. The normalized spacial score (nSPS) is 15.8.